The number of rotatable bonds is 5. The number of para-hydroxylation sites is 1. The Bertz CT molecular complexity index is 365. The number of ether oxygens (including phenoxy) is 1. The second-order valence-electron chi connectivity index (χ2n) is 4.21. The van der Waals surface area contributed by atoms with Crippen LogP contribution in [0.5, 0.6) is 5.75 Å². The first-order chi connectivity index (χ1) is 8.25. The van der Waals surface area contributed by atoms with Crippen LogP contribution in [0.25, 0.3) is 0 Å². The van der Waals surface area contributed by atoms with Crippen LogP contribution >= 0.6 is 0 Å². The molecule has 0 aromatic heterocycles. The average molecular weight is 255 g/mol. The quantitative estimate of drug-likeness (QED) is 0.778. The van der Waals surface area contributed by atoms with E-state index in [0.29, 0.717) is 5.92 Å². The van der Waals surface area contributed by atoms with Crippen molar-refractivity contribution in [3.8, 4) is 5.75 Å². The van der Waals surface area contributed by atoms with E-state index in [4.69, 9.17) is 9.29 Å². The van der Waals surface area contributed by atoms with Crippen molar-refractivity contribution in [2.75, 3.05) is 18.8 Å². The van der Waals surface area contributed by atoms with Gasteiger partial charge in [0, 0.05) is 12.5 Å². The van der Waals surface area contributed by atoms with E-state index < -0.39 is 11.1 Å². The van der Waals surface area contributed by atoms with Crippen LogP contribution in [0.15, 0.2) is 30.3 Å². The SMILES string of the molecule is O=S(O)CC(Oc1ccccc1)C1CCNC1. The minimum Gasteiger partial charge on any atom is -0.489 e. The van der Waals surface area contributed by atoms with Crippen LogP contribution in [-0.4, -0.2) is 33.7 Å². The van der Waals surface area contributed by atoms with Gasteiger partial charge in [0.25, 0.3) is 0 Å². The first-order valence-electron chi connectivity index (χ1n) is 5.75. The van der Waals surface area contributed by atoms with E-state index >= 15 is 0 Å². The van der Waals surface area contributed by atoms with Crippen LogP contribution in [-0.2, 0) is 11.1 Å². The molecule has 0 spiro atoms. The molecule has 1 aromatic rings. The fourth-order valence-corrected chi connectivity index (χ4v) is 2.70. The van der Waals surface area contributed by atoms with E-state index in [-0.39, 0.29) is 11.9 Å². The molecule has 1 aromatic carbocycles. The van der Waals surface area contributed by atoms with E-state index in [1.807, 2.05) is 30.3 Å². The normalized spacial score (nSPS) is 23.2. The summed E-state index contributed by atoms with van der Waals surface area (Å²) in [5, 5.41) is 3.25. The van der Waals surface area contributed by atoms with Gasteiger partial charge in [-0.25, -0.2) is 4.21 Å². The molecule has 3 atom stereocenters. The molecule has 0 amide bonds. The minimum atomic E-state index is -1.82. The van der Waals surface area contributed by atoms with Gasteiger partial charge in [0.1, 0.15) is 11.9 Å². The zero-order chi connectivity index (χ0) is 12.1. The van der Waals surface area contributed by atoms with Gasteiger partial charge in [-0.3, -0.25) is 0 Å². The zero-order valence-electron chi connectivity index (χ0n) is 9.54. The van der Waals surface area contributed by atoms with Gasteiger partial charge in [-0.15, -0.1) is 0 Å². The lowest BCUT2D eigenvalue weighted by Crippen LogP contribution is -2.33. The van der Waals surface area contributed by atoms with Crippen LogP contribution in [0.4, 0.5) is 0 Å². The maximum atomic E-state index is 11.0. The smallest absolute Gasteiger partial charge is 0.156 e. The van der Waals surface area contributed by atoms with E-state index in [1.54, 1.807) is 0 Å². The summed E-state index contributed by atoms with van der Waals surface area (Å²) in [6.07, 6.45) is 0.799. The van der Waals surface area contributed by atoms with Gasteiger partial charge >= 0.3 is 0 Å². The predicted molar refractivity (Wildman–Crippen MR) is 67.5 cm³/mol. The summed E-state index contributed by atoms with van der Waals surface area (Å²) in [5.41, 5.74) is 0. The third-order valence-electron chi connectivity index (χ3n) is 2.96. The number of benzene rings is 1. The van der Waals surface area contributed by atoms with Crippen molar-refractivity contribution < 1.29 is 13.5 Å². The van der Waals surface area contributed by atoms with Gasteiger partial charge in [0.05, 0.1) is 5.75 Å². The molecular weight excluding hydrogens is 238 g/mol. The fraction of sp³-hybridized carbons (Fsp3) is 0.500. The van der Waals surface area contributed by atoms with Gasteiger partial charge in [-0.05, 0) is 25.1 Å². The van der Waals surface area contributed by atoms with Crippen LogP contribution in [0, 0.1) is 5.92 Å². The Morgan fingerprint density at radius 2 is 2.24 bits per heavy atom. The Balaban J connectivity index is 2.02. The molecule has 0 radical (unpaired) electrons. The summed E-state index contributed by atoms with van der Waals surface area (Å²) in [7, 11) is 0. The molecule has 2 N–H and O–H groups in total. The highest BCUT2D eigenvalue weighted by Crippen LogP contribution is 2.20. The second kappa shape index (κ2) is 6.14. The Labute approximate surface area is 104 Å². The summed E-state index contributed by atoms with van der Waals surface area (Å²) in [6.45, 7) is 1.81. The van der Waals surface area contributed by atoms with Crippen molar-refractivity contribution in [3.05, 3.63) is 30.3 Å². The molecule has 5 heteroatoms. The van der Waals surface area contributed by atoms with Crippen LogP contribution < -0.4 is 10.1 Å². The highest BCUT2D eigenvalue weighted by atomic mass is 32.2. The van der Waals surface area contributed by atoms with Crippen LogP contribution in [0.2, 0.25) is 0 Å². The molecule has 1 aliphatic heterocycles. The van der Waals surface area contributed by atoms with Crippen LogP contribution in [0.1, 0.15) is 6.42 Å². The minimum absolute atomic E-state index is 0.168. The lowest BCUT2D eigenvalue weighted by molar-refractivity contribution is 0.163. The molecular formula is C12H17NO3S. The molecule has 2 rings (SSSR count). The maximum absolute atomic E-state index is 11.0. The van der Waals surface area contributed by atoms with Gasteiger partial charge in [0.2, 0.25) is 0 Å². The standard InChI is InChI=1S/C12H17NO3S/c14-17(15)9-12(10-6-7-13-8-10)16-11-4-2-1-3-5-11/h1-5,10,12-13H,6-9H2,(H,14,15). The molecule has 94 valence electrons. The van der Waals surface area contributed by atoms with Crippen molar-refractivity contribution in [2.24, 2.45) is 5.92 Å². The van der Waals surface area contributed by atoms with Gasteiger partial charge in [-0.2, -0.15) is 0 Å². The van der Waals surface area contributed by atoms with Crippen molar-refractivity contribution in [2.45, 2.75) is 12.5 Å². The number of nitrogens with one attached hydrogen (secondary N) is 1. The average Bonchev–Trinajstić information content (AvgIpc) is 2.82. The lowest BCUT2D eigenvalue weighted by Gasteiger charge is -2.23. The molecule has 17 heavy (non-hydrogen) atoms. The van der Waals surface area contributed by atoms with Gasteiger partial charge in [-0.1, -0.05) is 18.2 Å². The van der Waals surface area contributed by atoms with E-state index in [1.165, 1.54) is 0 Å². The summed E-state index contributed by atoms with van der Waals surface area (Å²) >= 11 is -1.82. The third-order valence-corrected chi connectivity index (χ3v) is 3.58. The monoisotopic (exact) mass is 255 g/mol. The summed E-state index contributed by atoms with van der Waals surface area (Å²) in [6, 6.07) is 9.46. The Hall–Kier alpha value is -0.910. The van der Waals surface area contributed by atoms with Crippen molar-refractivity contribution in [3.63, 3.8) is 0 Å². The molecule has 1 aliphatic rings. The topological polar surface area (TPSA) is 58.6 Å². The molecule has 0 bridgehead atoms. The van der Waals surface area contributed by atoms with Gasteiger partial charge in [0.15, 0.2) is 11.1 Å². The van der Waals surface area contributed by atoms with Crippen molar-refractivity contribution >= 4 is 11.1 Å². The maximum Gasteiger partial charge on any atom is 0.156 e. The zero-order valence-corrected chi connectivity index (χ0v) is 10.4. The third kappa shape index (κ3) is 3.80. The first kappa shape index (κ1) is 12.5. The highest BCUT2D eigenvalue weighted by molar-refractivity contribution is 7.79. The molecule has 1 heterocycles. The summed E-state index contributed by atoms with van der Waals surface area (Å²) < 4.78 is 25.8. The van der Waals surface area contributed by atoms with Crippen molar-refractivity contribution in [1.82, 2.24) is 5.32 Å². The Morgan fingerprint density at radius 3 is 2.82 bits per heavy atom. The number of hydrogen-bond acceptors (Lipinski definition) is 3. The van der Waals surface area contributed by atoms with E-state index in [2.05, 4.69) is 5.32 Å². The molecule has 4 nitrogen and oxygen atoms in total. The van der Waals surface area contributed by atoms with E-state index in [9.17, 15) is 4.21 Å². The van der Waals surface area contributed by atoms with Crippen molar-refractivity contribution in [1.29, 1.82) is 0 Å². The number of hydrogen-bond donors (Lipinski definition) is 2. The Kier molecular flexibility index (Phi) is 4.53. The molecule has 3 unspecified atom stereocenters. The lowest BCUT2D eigenvalue weighted by atomic mass is 10.0. The molecule has 0 aliphatic carbocycles. The largest absolute Gasteiger partial charge is 0.489 e. The summed E-state index contributed by atoms with van der Waals surface area (Å²) in [4.78, 5) is 0. The molecule has 0 saturated carbocycles. The molecule has 1 saturated heterocycles. The second-order valence-corrected chi connectivity index (χ2v) is 5.19. The fourth-order valence-electron chi connectivity index (χ4n) is 2.08. The first-order valence-corrected chi connectivity index (χ1v) is 7.03. The highest BCUT2D eigenvalue weighted by Gasteiger charge is 2.27. The van der Waals surface area contributed by atoms with Gasteiger partial charge < -0.3 is 14.6 Å². The Morgan fingerprint density at radius 1 is 1.47 bits per heavy atom. The molecule has 1 fully saturated rings. The predicted octanol–water partition coefficient (Wildman–Crippen LogP) is 1.27. The summed E-state index contributed by atoms with van der Waals surface area (Å²) in [5.74, 6) is 1.24. The van der Waals surface area contributed by atoms with E-state index in [0.717, 1.165) is 25.3 Å². The van der Waals surface area contributed by atoms with Crippen LogP contribution in [0.3, 0.4) is 0 Å².